The fourth-order valence-electron chi connectivity index (χ4n) is 2.23. The maximum Gasteiger partial charge on any atom is 0.119 e. The molecule has 21 heavy (non-hydrogen) atoms. The summed E-state index contributed by atoms with van der Waals surface area (Å²) in [6.07, 6.45) is 0.828. The SMILES string of the molecule is CCOc1ccc(CNC(CO)Cc2ccccc2)cc1. The van der Waals surface area contributed by atoms with Crippen molar-refractivity contribution in [2.45, 2.75) is 25.9 Å². The van der Waals surface area contributed by atoms with Gasteiger partial charge in [-0.25, -0.2) is 0 Å². The molecule has 3 nitrogen and oxygen atoms in total. The fraction of sp³-hybridized carbons (Fsp3) is 0.333. The van der Waals surface area contributed by atoms with E-state index in [-0.39, 0.29) is 12.6 Å². The predicted molar refractivity (Wildman–Crippen MR) is 85.5 cm³/mol. The first-order valence-electron chi connectivity index (χ1n) is 7.41. The van der Waals surface area contributed by atoms with E-state index in [0.717, 1.165) is 18.7 Å². The zero-order valence-corrected chi connectivity index (χ0v) is 12.5. The quantitative estimate of drug-likeness (QED) is 0.783. The summed E-state index contributed by atoms with van der Waals surface area (Å²) in [7, 11) is 0. The Balaban J connectivity index is 1.85. The van der Waals surface area contributed by atoms with E-state index >= 15 is 0 Å². The van der Waals surface area contributed by atoms with E-state index in [1.54, 1.807) is 0 Å². The molecule has 2 aromatic rings. The molecule has 1 atom stereocenters. The standard InChI is InChI=1S/C18H23NO2/c1-2-21-18-10-8-16(9-11-18)13-19-17(14-20)12-15-6-4-3-5-7-15/h3-11,17,19-20H,2,12-14H2,1H3. The lowest BCUT2D eigenvalue weighted by Crippen LogP contribution is -2.34. The highest BCUT2D eigenvalue weighted by Gasteiger charge is 2.07. The second kappa shape index (κ2) is 8.45. The average Bonchev–Trinajstić information content (AvgIpc) is 2.54. The third kappa shape index (κ3) is 5.21. The van der Waals surface area contributed by atoms with Crippen molar-refractivity contribution < 1.29 is 9.84 Å². The fourth-order valence-corrected chi connectivity index (χ4v) is 2.23. The Kier molecular flexibility index (Phi) is 6.25. The van der Waals surface area contributed by atoms with Gasteiger partial charge in [0.15, 0.2) is 0 Å². The lowest BCUT2D eigenvalue weighted by atomic mass is 10.1. The number of rotatable bonds is 8. The first-order chi connectivity index (χ1) is 10.3. The van der Waals surface area contributed by atoms with Crippen molar-refractivity contribution in [3.05, 3.63) is 65.7 Å². The maximum atomic E-state index is 9.50. The van der Waals surface area contributed by atoms with Gasteiger partial charge >= 0.3 is 0 Å². The molecule has 2 aromatic carbocycles. The maximum absolute atomic E-state index is 9.50. The van der Waals surface area contributed by atoms with E-state index in [9.17, 15) is 5.11 Å². The second-order valence-corrected chi connectivity index (χ2v) is 5.03. The molecule has 0 saturated heterocycles. The van der Waals surface area contributed by atoms with Crippen LogP contribution < -0.4 is 10.1 Å². The van der Waals surface area contributed by atoms with Crippen LogP contribution in [0.5, 0.6) is 5.75 Å². The van der Waals surface area contributed by atoms with Crippen molar-refractivity contribution in [3.8, 4) is 5.75 Å². The largest absolute Gasteiger partial charge is 0.494 e. The Labute approximate surface area is 126 Å². The van der Waals surface area contributed by atoms with Crippen LogP contribution in [0.2, 0.25) is 0 Å². The smallest absolute Gasteiger partial charge is 0.119 e. The molecule has 2 N–H and O–H groups in total. The van der Waals surface area contributed by atoms with E-state index in [1.165, 1.54) is 11.1 Å². The molecule has 0 aliphatic carbocycles. The summed E-state index contributed by atoms with van der Waals surface area (Å²) in [5, 5.41) is 12.9. The molecule has 0 spiro atoms. The first-order valence-corrected chi connectivity index (χ1v) is 7.41. The Hall–Kier alpha value is -1.84. The molecule has 1 unspecified atom stereocenters. The van der Waals surface area contributed by atoms with E-state index in [1.807, 2.05) is 37.3 Å². The molecule has 2 rings (SSSR count). The van der Waals surface area contributed by atoms with Crippen molar-refractivity contribution in [3.63, 3.8) is 0 Å². The molecule has 0 aromatic heterocycles. The molecule has 0 aliphatic rings. The first kappa shape index (κ1) is 15.5. The Bertz CT molecular complexity index is 511. The highest BCUT2D eigenvalue weighted by atomic mass is 16.5. The number of ether oxygens (including phenoxy) is 1. The summed E-state index contributed by atoms with van der Waals surface area (Å²) >= 11 is 0. The van der Waals surface area contributed by atoms with E-state index in [0.29, 0.717) is 6.61 Å². The van der Waals surface area contributed by atoms with E-state index in [2.05, 4.69) is 29.6 Å². The molecule has 0 saturated carbocycles. The van der Waals surface area contributed by atoms with Gasteiger partial charge in [-0.15, -0.1) is 0 Å². The van der Waals surface area contributed by atoms with Gasteiger partial charge in [-0.05, 0) is 36.6 Å². The summed E-state index contributed by atoms with van der Waals surface area (Å²) in [6, 6.07) is 18.3. The minimum atomic E-state index is 0.0685. The number of hydrogen-bond donors (Lipinski definition) is 2. The number of aliphatic hydroxyl groups is 1. The van der Waals surface area contributed by atoms with Crippen molar-refractivity contribution in [2.75, 3.05) is 13.2 Å². The summed E-state index contributed by atoms with van der Waals surface area (Å²) in [4.78, 5) is 0. The lowest BCUT2D eigenvalue weighted by molar-refractivity contribution is 0.241. The molecule has 0 amide bonds. The topological polar surface area (TPSA) is 41.5 Å². The van der Waals surface area contributed by atoms with Gasteiger partial charge in [-0.1, -0.05) is 42.5 Å². The van der Waals surface area contributed by atoms with E-state index in [4.69, 9.17) is 4.74 Å². The molecule has 0 aliphatic heterocycles. The predicted octanol–water partition coefficient (Wildman–Crippen LogP) is 2.78. The van der Waals surface area contributed by atoms with Crippen LogP contribution in [0.3, 0.4) is 0 Å². The number of hydrogen-bond acceptors (Lipinski definition) is 3. The van der Waals surface area contributed by atoms with Crippen LogP contribution in [-0.4, -0.2) is 24.4 Å². The van der Waals surface area contributed by atoms with Crippen molar-refractivity contribution in [1.82, 2.24) is 5.32 Å². The Morgan fingerprint density at radius 1 is 1.00 bits per heavy atom. The number of aliphatic hydroxyl groups excluding tert-OH is 1. The molecule has 0 fully saturated rings. The van der Waals surface area contributed by atoms with Gasteiger partial charge in [-0.2, -0.15) is 0 Å². The van der Waals surface area contributed by atoms with Gasteiger partial charge in [0.05, 0.1) is 13.2 Å². The van der Waals surface area contributed by atoms with E-state index < -0.39 is 0 Å². The van der Waals surface area contributed by atoms with Crippen LogP contribution in [0.15, 0.2) is 54.6 Å². The summed E-state index contributed by atoms with van der Waals surface area (Å²) in [6.45, 7) is 3.53. The molecule has 0 radical (unpaired) electrons. The van der Waals surface area contributed by atoms with Crippen LogP contribution in [0, 0.1) is 0 Å². The van der Waals surface area contributed by atoms with Gasteiger partial charge in [0.2, 0.25) is 0 Å². The van der Waals surface area contributed by atoms with Crippen LogP contribution in [0.1, 0.15) is 18.1 Å². The monoisotopic (exact) mass is 285 g/mol. The molecular formula is C18H23NO2. The van der Waals surface area contributed by atoms with Gasteiger partial charge in [0, 0.05) is 12.6 Å². The summed E-state index contributed by atoms with van der Waals surface area (Å²) in [5.41, 5.74) is 2.42. The van der Waals surface area contributed by atoms with Crippen molar-refractivity contribution >= 4 is 0 Å². The number of benzene rings is 2. The molecule has 112 valence electrons. The second-order valence-electron chi connectivity index (χ2n) is 5.03. The van der Waals surface area contributed by atoms with Gasteiger partial charge in [-0.3, -0.25) is 0 Å². The lowest BCUT2D eigenvalue weighted by Gasteiger charge is -2.16. The Morgan fingerprint density at radius 2 is 1.71 bits per heavy atom. The molecule has 0 bridgehead atoms. The molecule has 0 heterocycles. The van der Waals surface area contributed by atoms with Crippen LogP contribution in [0.4, 0.5) is 0 Å². The van der Waals surface area contributed by atoms with Gasteiger partial charge in [0.25, 0.3) is 0 Å². The number of nitrogens with one attached hydrogen (secondary N) is 1. The summed E-state index contributed by atoms with van der Waals surface area (Å²) in [5.74, 6) is 0.893. The Morgan fingerprint density at radius 3 is 2.33 bits per heavy atom. The normalized spacial score (nSPS) is 12.1. The van der Waals surface area contributed by atoms with Gasteiger partial charge < -0.3 is 15.2 Å². The minimum Gasteiger partial charge on any atom is -0.494 e. The third-order valence-corrected chi connectivity index (χ3v) is 3.37. The van der Waals surface area contributed by atoms with Crippen molar-refractivity contribution in [1.29, 1.82) is 0 Å². The molecular weight excluding hydrogens is 262 g/mol. The van der Waals surface area contributed by atoms with Crippen molar-refractivity contribution in [2.24, 2.45) is 0 Å². The third-order valence-electron chi connectivity index (χ3n) is 3.37. The summed E-state index contributed by atoms with van der Waals surface area (Å²) < 4.78 is 5.43. The highest BCUT2D eigenvalue weighted by Crippen LogP contribution is 2.12. The molecule has 3 heteroatoms. The minimum absolute atomic E-state index is 0.0685. The van der Waals surface area contributed by atoms with Gasteiger partial charge in [0.1, 0.15) is 5.75 Å². The van der Waals surface area contributed by atoms with Crippen LogP contribution in [0.25, 0.3) is 0 Å². The average molecular weight is 285 g/mol. The highest BCUT2D eigenvalue weighted by molar-refractivity contribution is 5.27. The van der Waals surface area contributed by atoms with Crippen LogP contribution in [-0.2, 0) is 13.0 Å². The van der Waals surface area contributed by atoms with Crippen LogP contribution >= 0.6 is 0 Å². The zero-order chi connectivity index (χ0) is 14.9. The zero-order valence-electron chi connectivity index (χ0n) is 12.5.